The van der Waals surface area contributed by atoms with Crippen molar-refractivity contribution in [1.82, 2.24) is 0 Å². The highest BCUT2D eigenvalue weighted by Gasteiger charge is 2.81. The first-order valence-corrected chi connectivity index (χ1v) is 27.9. The van der Waals surface area contributed by atoms with Crippen molar-refractivity contribution < 1.29 is 35.8 Å². The number of fused-ring (bicyclic) bond motifs is 4. The van der Waals surface area contributed by atoms with Crippen LogP contribution >= 0.6 is 69.1 Å². The van der Waals surface area contributed by atoms with Crippen molar-refractivity contribution in [1.29, 1.82) is 0 Å². The molecule has 0 spiro atoms. The number of hydrogen-bond donors (Lipinski definition) is 0. The monoisotopic (exact) mass is 1190 g/mol. The third kappa shape index (κ3) is 8.74. The average Bonchev–Trinajstić information content (AvgIpc) is 4.24. The van der Waals surface area contributed by atoms with Crippen LogP contribution in [0.2, 0.25) is 20.1 Å². The topological polar surface area (TPSA) is 24.9 Å². The normalized spacial score (nSPS) is 15.3. The molecular weight excluding hydrogens is 1150 g/mol. The zero-order chi connectivity index (χ0) is 55.9. The SMILES string of the molecule is COc1ccc(C2(c3ccc(OC)cc3)c3sc(-c4ccc(N(c5ccc(Cl)cc5)c5ccc(Cl)cc5)cc4)cc3C3=C(c4cc(-c5ccc(N(c6ccc(Cl)cc6)c6ccc(Cl)cc6)cc5)sc42)C(F)(F)C(F)(F)C3(F)F)cc1. The predicted octanol–water partition coefficient (Wildman–Crippen LogP) is 21.2. The highest BCUT2D eigenvalue weighted by Crippen LogP contribution is 2.70. The van der Waals surface area contributed by atoms with E-state index in [0.29, 0.717) is 75.0 Å². The molecule has 12 rings (SSSR count). The Morgan fingerprint density at radius 2 is 0.625 bits per heavy atom. The number of ether oxygens (including phenoxy) is 2. The van der Waals surface area contributed by atoms with E-state index < -0.39 is 45.5 Å². The second kappa shape index (κ2) is 20.4. The fourth-order valence-electron chi connectivity index (χ4n) is 10.7. The van der Waals surface area contributed by atoms with Gasteiger partial charge in [-0.05, 0) is 180 Å². The molecule has 80 heavy (non-hydrogen) atoms. The molecule has 2 aliphatic carbocycles. The summed E-state index contributed by atoms with van der Waals surface area (Å²) in [5.74, 6) is -15.6. The van der Waals surface area contributed by atoms with Gasteiger partial charge in [-0.25, -0.2) is 0 Å². The standard InChI is InChI=1S/C64H40Cl4F6N2O2S2/c1-77-51-31-7-39(8-32-51)61(40-9-33-52(78-2)34-10-40)59-53(35-55(79-59)37-3-19-45(20-4-37)75(47-23-11-41(65)12-24-47)48-25-13-42(66)14-26-48)57-58(63(71,72)64(73,74)62(57,69)70)54-36-56(80-60(54)61)38-5-21-46(22-6-38)76(49-27-15-43(67)16-28-49)50-29-17-44(68)18-30-50/h3-36H,1-2H3. The highest BCUT2D eigenvalue weighted by atomic mass is 35.5. The minimum Gasteiger partial charge on any atom is -0.497 e. The lowest BCUT2D eigenvalue weighted by Gasteiger charge is -2.36. The Labute approximate surface area is 484 Å². The van der Waals surface area contributed by atoms with E-state index in [1.165, 1.54) is 26.4 Å². The number of alkyl halides is 6. The molecule has 0 amide bonds. The number of nitrogens with zero attached hydrogens (tertiary/aromatic N) is 2. The van der Waals surface area contributed by atoms with Gasteiger partial charge in [0.2, 0.25) is 0 Å². The maximum Gasteiger partial charge on any atom is 0.380 e. The van der Waals surface area contributed by atoms with Gasteiger partial charge in [-0.15, -0.1) is 22.7 Å². The summed E-state index contributed by atoms with van der Waals surface area (Å²) in [6.07, 6.45) is 0. The van der Waals surface area contributed by atoms with Gasteiger partial charge in [0.25, 0.3) is 0 Å². The molecule has 2 heterocycles. The first kappa shape index (κ1) is 53.5. The second-order valence-electron chi connectivity index (χ2n) is 19.1. The Bertz CT molecular complexity index is 3620. The summed E-state index contributed by atoms with van der Waals surface area (Å²) in [5, 5.41) is 2.14. The van der Waals surface area contributed by atoms with Crippen molar-refractivity contribution in [2.45, 2.75) is 23.2 Å². The van der Waals surface area contributed by atoms with Crippen LogP contribution in [0.4, 0.5) is 60.5 Å². The largest absolute Gasteiger partial charge is 0.497 e. The predicted molar refractivity (Wildman–Crippen MR) is 316 cm³/mol. The summed E-state index contributed by atoms with van der Waals surface area (Å²) >= 11 is 27.4. The lowest BCUT2D eigenvalue weighted by Crippen LogP contribution is -2.49. The molecule has 0 saturated heterocycles. The summed E-state index contributed by atoms with van der Waals surface area (Å²) in [6.45, 7) is 0. The Kier molecular flexibility index (Phi) is 13.7. The van der Waals surface area contributed by atoms with Crippen LogP contribution in [0.15, 0.2) is 206 Å². The molecule has 0 bridgehead atoms. The van der Waals surface area contributed by atoms with Crippen LogP contribution < -0.4 is 19.3 Å². The molecule has 2 aromatic heterocycles. The number of rotatable bonds is 12. The van der Waals surface area contributed by atoms with Crippen LogP contribution in [0.1, 0.15) is 32.0 Å². The second-order valence-corrected chi connectivity index (χ2v) is 22.9. The van der Waals surface area contributed by atoms with Gasteiger partial charge in [0.15, 0.2) is 0 Å². The number of thiophene rings is 2. The van der Waals surface area contributed by atoms with Crippen molar-refractivity contribution in [2.75, 3.05) is 24.0 Å². The third-order valence-electron chi connectivity index (χ3n) is 14.6. The van der Waals surface area contributed by atoms with Gasteiger partial charge in [-0.3, -0.25) is 0 Å². The minimum atomic E-state index is -5.83. The van der Waals surface area contributed by atoms with E-state index in [-0.39, 0.29) is 9.75 Å². The molecule has 400 valence electrons. The molecule has 10 aromatic rings. The number of methoxy groups -OCH3 is 2. The number of anilines is 6. The molecule has 0 aliphatic heterocycles. The van der Waals surface area contributed by atoms with Gasteiger partial charge in [0.05, 0.1) is 19.6 Å². The zero-order valence-electron chi connectivity index (χ0n) is 41.9. The Balaban J connectivity index is 1.10. The molecule has 8 aromatic carbocycles. The molecular formula is C64H40Cl4F6N2O2S2. The molecule has 4 nitrogen and oxygen atoms in total. The Morgan fingerprint density at radius 1 is 0.362 bits per heavy atom. The molecule has 16 heteroatoms. The first-order valence-electron chi connectivity index (χ1n) is 24.7. The highest BCUT2D eigenvalue weighted by molar-refractivity contribution is 7.18. The van der Waals surface area contributed by atoms with Crippen molar-refractivity contribution in [3.05, 3.63) is 258 Å². The van der Waals surface area contributed by atoms with Crippen molar-refractivity contribution in [3.8, 4) is 32.4 Å². The summed E-state index contributed by atoms with van der Waals surface area (Å²) < 4.78 is 113. The number of halogens is 10. The van der Waals surface area contributed by atoms with Gasteiger partial charge < -0.3 is 19.3 Å². The minimum absolute atomic E-state index is 0.126. The van der Waals surface area contributed by atoms with Crippen molar-refractivity contribution in [3.63, 3.8) is 0 Å². The smallest absolute Gasteiger partial charge is 0.380 e. The quantitative estimate of drug-likeness (QED) is 0.114. The molecule has 2 aliphatic rings. The molecule has 0 radical (unpaired) electrons. The maximum absolute atomic E-state index is 17.3. The van der Waals surface area contributed by atoms with Crippen LogP contribution in [-0.2, 0) is 5.41 Å². The molecule has 0 unspecified atom stereocenters. The summed E-state index contributed by atoms with van der Waals surface area (Å²) in [6, 6.07) is 60.0. The van der Waals surface area contributed by atoms with Crippen molar-refractivity contribution in [2.24, 2.45) is 0 Å². The lowest BCUT2D eigenvalue weighted by atomic mass is 9.70. The number of benzene rings is 8. The summed E-state index contributed by atoms with van der Waals surface area (Å²) in [7, 11) is 2.99. The summed E-state index contributed by atoms with van der Waals surface area (Å²) in [4.78, 5) is 4.91. The van der Waals surface area contributed by atoms with E-state index in [1.54, 1.807) is 121 Å². The van der Waals surface area contributed by atoms with E-state index in [4.69, 9.17) is 55.9 Å². The molecule has 0 fully saturated rings. The summed E-state index contributed by atoms with van der Waals surface area (Å²) in [5.41, 5.74) is 0.970. The van der Waals surface area contributed by atoms with Crippen LogP contribution in [0.3, 0.4) is 0 Å². The van der Waals surface area contributed by atoms with Gasteiger partial charge in [0.1, 0.15) is 11.5 Å². The number of allylic oxidation sites excluding steroid dienone is 2. The van der Waals surface area contributed by atoms with E-state index in [9.17, 15) is 0 Å². The van der Waals surface area contributed by atoms with E-state index in [1.807, 2.05) is 82.6 Å². The zero-order valence-corrected chi connectivity index (χ0v) is 46.6. The fraction of sp³-hybridized carbons (Fsp3) is 0.0938. The third-order valence-corrected chi connectivity index (χ3v) is 18.2. The van der Waals surface area contributed by atoms with Crippen LogP contribution in [0.25, 0.3) is 32.0 Å². The molecule has 0 atom stereocenters. The molecule has 0 saturated carbocycles. The fourth-order valence-corrected chi connectivity index (χ4v) is 14.1. The van der Waals surface area contributed by atoms with Gasteiger partial charge in [-0.1, -0.05) is 94.9 Å². The number of hydrogen-bond acceptors (Lipinski definition) is 6. The van der Waals surface area contributed by atoms with E-state index in [0.717, 1.165) is 45.4 Å². The Hall–Kier alpha value is -7.16. The van der Waals surface area contributed by atoms with E-state index >= 15 is 26.3 Å². The van der Waals surface area contributed by atoms with Crippen molar-refractivity contribution >= 4 is 114 Å². The van der Waals surface area contributed by atoms with E-state index in [2.05, 4.69) is 0 Å². The van der Waals surface area contributed by atoms with Crippen LogP contribution in [0.5, 0.6) is 11.5 Å². The van der Waals surface area contributed by atoms with Crippen LogP contribution in [-0.4, -0.2) is 32.0 Å². The molecule has 0 N–H and O–H groups in total. The first-order chi connectivity index (χ1) is 38.4. The van der Waals surface area contributed by atoms with Gasteiger partial charge >= 0.3 is 17.8 Å². The lowest BCUT2D eigenvalue weighted by molar-refractivity contribution is -0.254. The Morgan fingerprint density at radius 3 is 0.887 bits per heavy atom. The van der Waals surface area contributed by atoms with Crippen LogP contribution in [0, 0.1) is 0 Å². The maximum atomic E-state index is 17.3. The van der Waals surface area contributed by atoms with Gasteiger partial charge in [0, 0.05) is 96.0 Å². The average molecular weight is 1190 g/mol. The van der Waals surface area contributed by atoms with Gasteiger partial charge in [-0.2, -0.15) is 26.3 Å².